The van der Waals surface area contributed by atoms with Gasteiger partial charge in [-0.2, -0.15) is 5.26 Å². The number of para-hydroxylation sites is 1. The van der Waals surface area contributed by atoms with Crippen LogP contribution in [0.3, 0.4) is 0 Å². The van der Waals surface area contributed by atoms with E-state index < -0.39 is 11.5 Å². The van der Waals surface area contributed by atoms with Gasteiger partial charge in [0, 0.05) is 23.2 Å². The number of esters is 1. The lowest BCUT2D eigenvalue weighted by molar-refractivity contribution is -0.137. The third kappa shape index (κ3) is 5.10. The van der Waals surface area contributed by atoms with Crippen LogP contribution in [0.5, 0.6) is 0 Å². The lowest BCUT2D eigenvalue weighted by Crippen LogP contribution is -2.33. The van der Waals surface area contributed by atoms with Gasteiger partial charge in [-0.05, 0) is 36.8 Å². The SMILES string of the molecule is CCOC(=O)/C=C/CC(C#N)(Nc1ccccc1)c1ccc(Cl)cc1. The summed E-state index contributed by atoms with van der Waals surface area (Å²) in [5.41, 5.74) is 0.537. The highest BCUT2D eigenvalue weighted by Crippen LogP contribution is 2.31. The van der Waals surface area contributed by atoms with E-state index in [9.17, 15) is 10.1 Å². The van der Waals surface area contributed by atoms with Crippen LogP contribution in [0.4, 0.5) is 5.69 Å². The van der Waals surface area contributed by atoms with Gasteiger partial charge in [-0.3, -0.25) is 0 Å². The van der Waals surface area contributed by atoms with Crippen molar-refractivity contribution in [2.24, 2.45) is 0 Å². The zero-order chi connectivity index (χ0) is 18.1. The van der Waals surface area contributed by atoms with Gasteiger partial charge in [0.25, 0.3) is 0 Å². The number of anilines is 1. The lowest BCUT2D eigenvalue weighted by atomic mass is 9.87. The van der Waals surface area contributed by atoms with Crippen LogP contribution in [0, 0.1) is 11.3 Å². The van der Waals surface area contributed by atoms with Gasteiger partial charge in [-0.15, -0.1) is 0 Å². The highest BCUT2D eigenvalue weighted by molar-refractivity contribution is 6.30. The molecule has 1 atom stereocenters. The molecule has 0 saturated heterocycles. The van der Waals surface area contributed by atoms with Crippen LogP contribution in [-0.2, 0) is 15.1 Å². The molecule has 0 heterocycles. The van der Waals surface area contributed by atoms with Gasteiger partial charge in [-0.1, -0.05) is 48.0 Å². The molecule has 2 aromatic carbocycles. The summed E-state index contributed by atoms with van der Waals surface area (Å²) < 4.78 is 4.88. The summed E-state index contributed by atoms with van der Waals surface area (Å²) in [6.07, 6.45) is 3.28. The first-order valence-electron chi connectivity index (χ1n) is 7.93. The van der Waals surface area contributed by atoms with Gasteiger partial charge >= 0.3 is 5.97 Å². The number of nitrogens with one attached hydrogen (secondary N) is 1. The highest BCUT2D eigenvalue weighted by Gasteiger charge is 2.31. The van der Waals surface area contributed by atoms with Crippen molar-refractivity contribution in [3.05, 3.63) is 77.3 Å². The van der Waals surface area contributed by atoms with Crippen molar-refractivity contribution in [3.8, 4) is 6.07 Å². The zero-order valence-electron chi connectivity index (χ0n) is 13.9. The van der Waals surface area contributed by atoms with Crippen LogP contribution in [0.1, 0.15) is 18.9 Å². The number of benzene rings is 2. The molecule has 0 aliphatic rings. The van der Waals surface area contributed by atoms with E-state index in [0.717, 1.165) is 11.3 Å². The topological polar surface area (TPSA) is 62.1 Å². The molecule has 0 fully saturated rings. The summed E-state index contributed by atoms with van der Waals surface area (Å²) in [5, 5.41) is 13.8. The van der Waals surface area contributed by atoms with E-state index in [4.69, 9.17) is 16.3 Å². The third-order valence-corrected chi connectivity index (χ3v) is 3.88. The first-order valence-corrected chi connectivity index (χ1v) is 8.31. The normalized spacial score (nSPS) is 13.0. The molecule has 25 heavy (non-hydrogen) atoms. The molecule has 1 N–H and O–H groups in total. The van der Waals surface area contributed by atoms with E-state index >= 15 is 0 Å². The van der Waals surface area contributed by atoms with Crippen molar-refractivity contribution < 1.29 is 9.53 Å². The Kier molecular flexibility index (Phi) is 6.62. The first kappa shape index (κ1) is 18.6. The van der Waals surface area contributed by atoms with Crippen LogP contribution in [0.15, 0.2) is 66.7 Å². The fourth-order valence-corrected chi connectivity index (χ4v) is 2.53. The fourth-order valence-electron chi connectivity index (χ4n) is 2.40. The maximum absolute atomic E-state index is 11.5. The smallest absolute Gasteiger partial charge is 0.330 e. The largest absolute Gasteiger partial charge is 0.463 e. The number of nitrogens with zero attached hydrogens (tertiary/aromatic N) is 1. The number of halogens is 1. The molecular formula is C20H19ClN2O2. The summed E-state index contributed by atoms with van der Waals surface area (Å²) >= 11 is 5.97. The van der Waals surface area contributed by atoms with Crippen molar-refractivity contribution in [2.45, 2.75) is 18.9 Å². The summed E-state index contributed by atoms with van der Waals surface area (Å²) in [7, 11) is 0. The number of hydrogen-bond donors (Lipinski definition) is 1. The van der Waals surface area contributed by atoms with Crippen LogP contribution in [0.25, 0.3) is 0 Å². The van der Waals surface area contributed by atoms with Gasteiger partial charge in [0.05, 0.1) is 12.7 Å². The van der Waals surface area contributed by atoms with Crippen molar-refractivity contribution in [2.75, 3.05) is 11.9 Å². The Bertz CT molecular complexity index is 767. The molecule has 0 spiro atoms. The average Bonchev–Trinajstić information content (AvgIpc) is 2.62. The molecule has 0 aliphatic carbocycles. The van der Waals surface area contributed by atoms with Crippen LogP contribution in [-0.4, -0.2) is 12.6 Å². The first-order chi connectivity index (χ1) is 12.1. The van der Waals surface area contributed by atoms with Crippen LogP contribution < -0.4 is 5.32 Å². The summed E-state index contributed by atoms with van der Waals surface area (Å²) in [6.45, 7) is 2.06. The van der Waals surface area contributed by atoms with E-state index in [1.807, 2.05) is 30.3 Å². The minimum atomic E-state index is -1.03. The van der Waals surface area contributed by atoms with E-state index in [-0.39, 0.29) is 0 Å². The monoisotopic (exact) mass is 354 g/mol. The maximum Gasteiger partial charge on any atom is 0.330 e. The summed E-state index contributed by atoms with van der Waals surface area (Å²) in [5.74, 6) is -0.426. The van der Waals surface area contributed by atoms with E-state index in [1.165, 1.54) is 6.08 Å². The number of carbonyl (C=O) groups excluding carboxylic acids is 1. The molecule has 0 radical (unpaired) electrons. The van der Waals surface area contributed by atoms with Crippen molar-refractivity contribution in [1.82, 2.24) is 0 Å². The standard InChI is InChI=1S/C20H19ClN2O2/c1-2-25-19(24)9-6-14-20(15-22,16-10-12-17(21)13-11-16)23-18-7-4-3-5-8-18/h3-13,23H,2,14H2,1H3/b9-6+. The van der Waals surface area contributed by atoms with E-state index in [1.54, 1.807) is 37.3 Å². The van der Waals surface area contributed by atoms with Crippen LogP contribution >= 0.6 is 11.6 Å². The number of carbonyl (C=O) groups is 1. The molecular weight excluding hydrogens is 336 g/mol. The Labute approximate surface area is 152 Å². The molecule has 0 bridgehead atoms. The van der Waals surface area contributed by atoms with E-state index in [2.05, 4.69) is 11.4 Å². The van der Waals surface area contributed by atoms with Crippen molar-refractivity contribution in [1.29, 1.82) is 5.26 Å². The Morgan fingerprint density at radius 2 is 1.92 bits per heavy atom. The fraction of sp³-hybridized carbons (Fsp3) is 0.200. The average molecular weight is 355 g/mol. The van der Waals surface area contributed by atoms with E-state index in [0.29, 0.717) is 18.1 Å². The van der Waals surface area contributed by atoms with Gasteiger partial charge in [0.1, 0.15) is 0 Å². The minimum absolute atomic E-state index is 0.291. The number of hydrogen-bond acceptors (Lipinski definition) is 4. The Balaban J connectivity index is 2.33. The second-order valence-corrected chi connectivity index (χ2v) is 5.81. The summed E-state index contributed by atoms with van der Waals surface area (Å²) in [4.78, 5) is 11.5. The second-order valence-electron chi connectivity index (χ2n) is 5.37. The molecule has 0 amide bonds. The Morgan fingerprint density at radius 3 is 2.52 bits per heavy atom. The van der Waals surface area contributed by atoms with Gasteiger partial charge < -0.3 is 10.1 Å². The second kappa shape index (κ2) is 8.91. The predicted molar refractivity (Wildman–Crippen MR) is 99.2 cm³/mol. The quantitative estimate of drug-likeness (QED) is 0.579. The molecule has 2 rings (SSSR count). The molecule has 128 valence electrons. The Morgan fingerprint density at radius 1 is 1.24 bits per heavy atom. The molecule has 0 aromatic heterocycles. The highest BCUT2D eigenvalue weighted by atomic mass is 35.5. The molecule has 5 heteroatoms. The van der Waals surface area contributed by atoms with Gasteiger partial charge in [-0.25, -0.2) is 4.79 Å². The zero-order valence-corrected chi connectivity index (χ0v) is 14.7. The summed E-state index contributed by atoms with van der Waals surface area (Å²) in [6, 6.07) is 18.9. The molecule has 0 aliphatic heterocycles. The predicted octanol–water partition coefficient (Wildman–Crippen LogP) is 4.68. The molecule has 0 saturated carbocycles. The van der Waals surface area contributed by atoms with Crippen molar-refractivity contribution >= 4 is 23.3 Å². The minimum Gasteiger partial charge on any atom is -0.463 e. The number of nitriles is 1. The lowest BCUT2D eigenvalue weighted by Gasteiger charge is -2.28. The molecule has 2 aromatic rings. The van der Waals surface area contributed by atoms with Gasteiger partial charge in [0.2, 0.25) is 0 Å². The van der Waals surface area contributed by atoms with Crippen molar-refractivity contribution in [3.63, 3.8) is 0 Å². The maximum atomic E-state index is 11.5. The van der Waals surface area contributed by atoms with Gasteiger partial charge in [0.15, 0.2) is 5.54 Å². The van der Waals surface area contributed by atoms with Crippen LogP contribution in [0.2, 0.25) is 5.02 Å². The third-order valence-electron chi connectivity index (χ3n) is 3.62. The molecule has 4 nitrogen and oxygen atoms in total. The number of rotatable bonds is 7. The molecule has 1 unspecified atom stereocenters. The Hall–Kier alpha value is -2.77. The number of ether oxygens (including phenoxy) is 1.